The Morgan fingerprint density at radius 1 is 1.50 bits per heavy atom. The Balaban J connectivity index is 2.39. The van der Waals surface area contributed by atoms with Crippen molar-refractivity contribution in [3.63, 3.8) is 0 Å². The molecule has 0 aliphatic rings. The van der Waals surface area contributed by atoms with E-state index in [-0.39, 0.29) is 5.78 Å². The number of aryl methyl sites for hydroxylation is 3. The average Bonchev–Trinajstić information content (AvgIpc) is 2.85. The second-order valence-electron chi connectivity index (χ2n) is 3.72. The fraction of sp³-hybridized carbons (Fsp3) is 0.333. The van der Waals surface area contributed by atoms with Crippen molar-refractivity contribution in [1.82, 2.24) is 9.55 Å². The van der Waals surface area contributed by atoms with Gasteiger partial charge in [-0.2, -0.15) is 0 Å². The predicted molar refractivity (Wildman–Crippen MR) is 65.1 cm³/mol. The lowest BCUT2D eigenvalue weighted by atomic mass is 10.2. The number of ketones is 1. The van der Waals surface area contributed by atoms with Crippen LogP contribution in [-0.4, -0.2) is 15.3 Å². The highest BCUT2D eigenvalue weighted by molar-refractivity contribution is 7.14. The maximum Gasteiger partial charge on any atom is 0.238 e. The molecule has 16 heavy (non-hydrogen) atoms. The van der Waals surface area contributed by atoms with Gasteiger partial charge in [0, 0.05) is 23.8 Å². The molecule has 3 nitrogen and oxygen atoms in total. The second-order valence-corrected chi connectivity index (χ2v) is 4.97. The van der Waals surface area contributed by atoms with Gasteiger partial charge in [0.05, 0.1) is 4.88 Å². The van der Waals surface area contributed by atoms with Crippen LogP contribution in [0.25, 0.3) is 0 Å². The molecular weight excluding hydrogens is 220 g/mol. The van der Waals surface area contributed by atoms with Gasteiger partial charge in [-0.05, 0) is 32.4 Å². The third-order valence-corrected chi connectivity index (χ3v) is 3.80. The van der Waals surface area contributed by atoms with Crippen molar-refractivity contribution >= 4 is 17.1 Å². The molecule has 0 aromatic carbocycles. The minimum atomic E-state index is 0.0213. The molecule has 0 amide bonds. The Morgan fingerprint density at radius 3 is 2.81 bits per heavy atom. The van der Waals surface area contributed by atoms with E-state index in [4.69, 9.17) is 0 Å². The molecule has 0 atom stereocenters. The molecule has 2 heterocycles. The summed E-state index contributed by atoms with van der Waals surface area (Å²) in [6, 6.07) is 1.94. The topological polar surface area (TPSA) is 34.9 Å². The number of nitrogens with zero attached hydrogens (tertiary/aromatic N) is 2. The molecule has 84 valence electrons. The zero-order chi connectivity index (χ0) is 11.7. The average molecular weight is 234 g/mol. The van der Waals surface area contributed by atoms with Crippen LogP contribution in [0.5, 0.6) is 0 Å². The third-order valence-electron chi connectivity index (χ3n) is 2.65. The van der Waals surface area contributed by atoms with Gasteiger partial charge in [0.25, 0.3) is 0 Å². The lowest BCUT2D eigenvalue weighted by Gasteiger charge is -2.01. The first-order valence-electron chi connectivity index (χ1n) is 5.26. The number of carbonyl (C=O) groups excluding carboxylic acids is 1. The van der Waals surface area contributed by atoms with Gasteiger partial charge in [-0.15, -0.1) is 11.3 Å². The summed E-state index contributed by atoms with van der Waals surface area (Å²) in [5.74, 6) is 0.553. The summed E-state index contributed by atoms with van der Waals surface area (Å²) in [4.78, 5) is 18.3. The van der Waals surface area contributed by atoms with Gasteiger partial charge in [-0.1, -0.05) is 0 Å². The van der Waals surface area contributed by atoms with Gasteiger partial charge >= 0.3 is 0 Å². The Labute approximate surface area is 98.8 Å². The van der Waals surface area contributed by atoms with Crippen LogP contribution >= 0.6 is 11.3 Å². The number of aromatic nitrogens is 2. The fourth-order valence-corrected chi connectivity index (χ4v) is 2.54. The number of thiophene rings is 1. The van der Waals surface area contributed by atoms with Crippen molar-refractivity contribution < 1.29 is 4.79 Å². The normalized spacial score (nSPS) is 10.7. The highest BCUT2D eigenvalue weighted by atomic mass is 32.1. The van der Waals surface area contributed by atoms with Gasteiger partial charge < -0.3 is 4.57 Å². The van der Waals surface area contributed by atoms with Crippen molar-refractivity contribution in [3.8, 4) is 0 Å². The summed E-state index contributed by atoms with van der Waals surface area (Å²) in [6.45, 7) is 6.83. The first-order valence-corrected chi connectivity index (χ1v) is 6.08. The Kier molecular flexibility index (Phi) is 2.92. The van der Waals surface area contributed by atoms with Crippen molar-refractivity contribution in [3.05, 3.63) is 39.6 Å². The molecular formula is C12H14N2OS. The van der Waals surface area contributed by atoms with Crippen molar-refractivity contribution in [2.75, 3.05) is 0 Å². The molecule has 0 aliphatic carbocycles. The van der Waals surface area contributed by atoms with Crippen molar-refractivity contribution in [2.45, 2.75) is 27.3 Å². The number of hydrogen-bond donors (Lipinski definition) is 0. The summed E-state index contributed by atoms with van der Waals surface area (Å²) in [5, 5.41) is 0. The molecule has 0 saturated carbocycles. The van der Waals surface area contributed by atoms with Gasteiger partial charge in [-0.25, -0.2) is 4.98 Å². The van der Waals surface area contributed by atoms with Crippen LogP contribution in [0.2, 0.25) is 0 Å². The van der Waals surface area contributed by atoms with E-state index in [1.54, 1.807) is 6.20 Å². The van der Waals surface area contributed by atoms with Gasteiger partial charge in [-0.3, -0.25) is 4.79 Å². The van der Waals surface area contributed by atoms with E-state index in [2.05, 4.69) is 4.98 Å². The number of rotatable bonds is 3. The van der Waals surface area contributed by atoms with Crippen LogP contribution in [0.3, 0.4) is 0 Å². The van der Waals surface area contributed by atoms with E-state index in [1.807, 2.05) is 37.6 Å². The predicted octanol–water partition coefficient (Wildman–Crippen LogP) is 2.81. The number of hydrogen-bond acceptors (Lipinski definition) is 3. The second kappa shape index (κ2) is 4.22. The molecule has 0 radical (unpaired) electrons. The standard InChI is InChI=1S/C12H14N2OS/c1-4-14-6-5-13-12(14)11(15)10-7-8(2)9(3)16-10/h5-7H,4H2,1-3H3. The smallest absolute Gasteiger partial charge is 0.238 e. The van der Waals surface area contributed by atoms with Crippen LogP contribution in [0.15, 0.2) is 18.5 Å². The molecule has 2 aromatic heterocycles. The van der Waals surface area contributed by atoms with E-state index < -0.39 is 0 Å². The van der Waals surface area contributed by atoms with Crippen LogP contribution in [-0.2, 0) is 6.54 Å². The van der Waals surface area contributed by atoms with Gasteiger partial charge in [0.15, 0.2) is 5.82 Å². The maximum atomic E-state index is 12.2. The SMILES string of the molecule is CCn1ccnc1C(=O)c1cc(C)c(C)s1. The minimum absolute atomic E-state index is 0.0213. The maximum absolute atomic E-state index is 12.2. The van der Waals surface area contributed by atoms with Gasteiger partial charge in [0.2, 0.25) is 5.78 Å². The summed E-state index contributed by atoms with van der Waals surface area (Å²) in [5.41, 5.74) is 1.17. The number of imidazole rings is 1. The first kappa shape index (κ1) is 11.1. The zero-order valence-corrected chi connectivity index (χ0v) is 10.5. The molecule has 0 unspecified atom stereocenters. The molecule has 0 N–H and O–H groups in total. The Bertz CT molecular complexity index is 505. The largest absolute Gasteiger partial charge is 0.328 e. The summed E-state index contributed by atoms with van der Waals surface area (Å²) < 4.78 is 1.87. The Hall–Kier alpha value is -1.42. The molecule has 0 aliphatic heterocycles. The van der Waals surface area contributed by atoms with E-state index >= 15 is 0 Å². The third kappa shape index (κ3) is 1.80. The molecule has 4 heteroatoms. The molecule has 0 bridgehead atoms. The van der Waals surface area contributed by atoms with E-state index in [1.165, 1.54) is 21.8 Å². The monoisotopic (exact) mass is 234 g/mol. The van der Waals surface area contributed by atoms with Crippen LogP contribution in [0.1, 0.15) is 32.9 Å². The van der Waals surface area contributed by atoms with Crippen LogP contribution in [0, 0.1) is 13.8 Å². The van der Waals surface area contributed by atoms with Crippen molar-refractivity contribution in [2.24, 2.45) is 0 Å². The highest BCUT2D eigenvalue weighted by Gasteiger charge is 2.17. The van der Waals surface area contributed by atoms with Crippen LogP contribution < -0.4 is 0 Å². The van der Waals surface area contributed by atoms with Crippen LogP contribution in [0.4, 0.5) is 0 Å². The Morgan fingerprint density at radius 2 is 2.25 bits per heavy atom. The van der Waals surface area contributed by atoms with Crippen molar-refractivity contribution in [1.29, 1.82) is 0 Å². The molecule has 0 saturated heterocycles. The minimum Gasteiger partial charge on any atom is -0.328 e. The number of carbonyl (C=O) groups is 1. The van der Waals surface area contributed by atoms with E-state index in [9.17, 15) is 4.79 Å². The van der Waals surface area contributed by atoms with E-state index in [0.717, 1.165) is 11.4 Å². The fourth-order valence-electron chi connectivity index (χ4n) is 1.57. The highest BCUT2D eigenvalue weighted by Crippen LogP contribution is 2.22. The lowest BCUT2D eigenvalue weighted by Crippen LogP contribution is -2.09. The van der Waals surface area contributed by atoms with Gasteiger partial charge in [0.1, 0.15) is 0 Å². The zero-order valence-electron chi connectivity index (χ0n) is 9.65. The van der Waals surface area contributed by atoms with E-state index in [0.29, 0.717) is 5.82 Å². The molecule has 0 spiro atoms. The summed E-state index contributed by atoms with van der Waals surface area (Å²) in [6.07, 6.45) is 3.50. The summed E-state index contributed by atoms with van der Waals surface area (Å²) >= 11 is 1.54. The molecule has 0 fully saturated rings. The quantitative estimate of drug-likeness (QED) is 0.765. The summed E-state index contributed by atoms with van der Waals surface area (Å²) in [7, 11) is 0. The molecule has 2 rings (SSSR count). The lowest BCUT2D eigenvalue weighted by molar-refractivity contribution is 0.102. The first-order chi connectivity index (χ1) is 7.63. The molecule has 2 aromatic rings.